The lowest BCUT2D eigenvalue weighted by atomic mass is 10.0. The summed E-state index contributed by atoms with van der Waals surface area (Å²) in [5.74, 6) is -0.106. The Bertz CT molecular complexity index is 944. The molecule has 152 valence electrons. The van der Waals surface area contributed by atoms with Crippen molar-refractivity contribution < 1.29 is 13.2 Å². The van der Waals surface area contributed by atoms with Gasteiger partial charge in [0.15, 0.2) is 0 Å². The summed E-state index contributed by atoms with van der Waals surface area (Å²) < 4.78 is 25.5. The third-order valence-corrected chi connectivity index (χ3v) is 6.10. The summed E-state index contributed by atoms with van der Waals surface area (Å²) in [6.07, 6.45) is 1.79. The smallest absolute Gasteiger partial charge is 0.232 e. The van der Waals surface area contributed by atoms with Gasteiger partial charge in [-0.2, -0.15) is 0 Å². The maximum Gasteiger partial charge on any atom is 0.232 e. The highest BCUT2D eigenvalue weighted by Gasteiger charge is 2.18. The van der Waals surface area contributed by atoms with Gasteiger partial charge in [0.1, 0.15) is 0 Å². The average Bonchev–Trinajstić information content (AvgIpc) is 2.59. The highest BCUT2D eigenvalue weighted by molar-refractivity contribution is 7.92. The Hall–Kier alpha value is -2.05. The van der Waals surface area contributed by atoms with E-state index in [0.717, 1.165) is 11.8 Å². The van der Waals surface area contributed by atoms with E-state index in [-0.39, 0.29) is 24.9 Å². The second-order valence-electron chi connectivity index (χ2n) is 7.05. The minimum absolute atomic E-state index is 0.106. The highest BCUT2D eigenvalue weighted by atomic mass is 35.5. The van der Waals surface area contributed by atoms with Gasteiger partial charge in [0, 0.05) is 18.0 Å². The number of carbonyl (C=O) groups is 1. The summed E-state index contributed by atoms with van der Waals surface area (Å²) in [6.45, 7) is 6.25. The van der Waals surface area contributed by atoms with E-state index in [9.17, 15) is 13.2 Å². The van der Waals surface area contributed by atoms with Crippen molar-refractivity contribution in [3.05, 3.63) is 64.2 Å². The maximum absolute atomic E-state index is 12.3. The Morgan fingerprint density at radius 1 is 1.14 bits per heavy atom. The third kappa shape index (κ3) is 6.24. The molecule has 0 bridgehead atoms. The van der Waals surface area contributed by atoms with E-state index in [1.807, 2.05) is 26.0 Å². The van der Waals surface area contributed by atoms with Crippen molar-refractivity contribution in [3.8, 4) is 0 Å². The predicted octanol–water partition coefficient (Wildman–Crippen LogP) is 4.38. The molecule has 0 aliphatic rings. The van der Waals surface area contributed by atoms with Crippen LogP contribution in [0.15, 0.2) is 42.5 Å². The fourth-order valence-corrected chi connectivity index (χ4v) is 4.07. The molecule has 7 heteroatoms. The van der Waals surface area contributed by atoms with Crippen LogP contribution in [-0.4, -0.2) is 27.1 Å². The van der Waals surface area contributed by atoms with Gasteiger partial charge in [-0.15, -0.1) is 0 Å². The minimum Gasteiger partial charge on any atom is -0.350 e. The van der Waals surface area contributed by atoms with E-state index in [4.69, 9.17) is 11.6 Å². The molecule has 0 aromatic heterocycles. The van der Waals surface area contributed by atoms with E-state index < -0.39 is 10.0 Å². The minimum atomic E-state index is -3.46. The number of carbonyl (C=O) groups excluding carboxylic acids is 1. The first-order valence-electron chi connectivity index (χ1n) is 9.17. The van der Waals surface area contributed by atoms with Crippen LogP contribution in [-0.2, 0) is 14.8 Å². The van der Waals surface area contributed by atoms with E-state index in [2.05, 4.69) is 18.3 Å². The normalized spacial score (nSPS) is 12.5. The van der Waals surface area contributed by atoms with Gasteiger partial charge in [0.2, 0.25) is 15.9 Å². The van der Waals surface area contributed by atoms with Crippen LogP contribution in [0.1, 0.15) is 42.5 Å². The van der Waals surface area contributed by atoms with Gasteiger partial charge in [-0.05, 0) is 62.1 Å². The topological polar surface area (TPSA) is 66.5 Å². The van der Waals surface area contributed by atoms with Gasteiger partial charge >= 0.3 is 0 Å². The quantitative estimate of drug-likeness (QED) is 0.686. The van der Waals surface area contributed by atoms with Crippen LogP contribution in [0.3, 0.4) is 0 Å². The molecule has 0 heterocycles. The lowest BCUT2D eigenvalue weighted by Crippen LogP contribution is -2.32. The van der Waals surface area contributed by atoms with Gasteiger partial charge < -0.3 is 5.32 Å². The van der Waals surface area contributed by atoms with Crippen LogP contribution in [0.4, 0.5) is 5.69 Å². The maximum atomic E-state index is 12.3. The Balaban J connectivity index is 1.94. The number of anilines is 1. The van der Waals surface area contributed by atoms with Gasteiger partial charge in [-0.1, -0.05) is 35.9 Å². The van der Waals surface area contributed by atoms with Crippen molar-refractivity contribution in [2.75, 3.05) is 17.1 Å². The first-order chi connectivity index (χ1) is 13.1. The van der Waals surface area contributed by atoms with Crippen LogP contribution < -0.4 is 9.62 Å². The van der Waals surface area contributed by atoms with E-state index in [1.165, 1.54) is 15.4 Å². The molecule has 1 atom stereocenters. The number of benzene rings is 2. The Kier molecular flexibility index (Phi) is 7.49. The number of hydrogen-bond donors (Lipinski definition) is 1. The fraction of sp³-hybridized carbons (Fsp3) is 0.381. The average molecular weight is 423 g/mol. The molecule has 2 aromatic rings. The summed E-state index contributed by atoms with van der Waals surface area (Å²) in [7, 11) is -3.46. The third-order valence-electron chi connectivity index (χ3n) is 4.67. The highest BCUT2D eigenvalue weighted by Crippen LogP contribution is 2.22. The van der Waals surface area contributed by atoms with Gasteiger partial charge in [0.25, 0.3) is 0 Å². The molecule has 0 saturated heterocycles. The molecule has 2 rings (SSSR count). The fourth-order valence-electron chi connectivity index (χ4n) is 2.93. The summed E-state index contributed by atoms with van der Waals surface area (Å²) in [4.78, 5) is 12.3. The molecule has 0 fully saturated rings. The van der Waals surface area contributed by atoms with Gasteiger partial charge in [-0.25, -0.2) is 8.42 Å². The predicted molar refractivity (Wildman–Crippen MR) is 115 cm³/mol. The summed E-state index contributed by atoms with van der Waals surface area (Å²) in [6, 6.07) is 12.7. The van der Waals surface area contributed by atoms with Crippen LogP contribution in [0.2, 0.25) is 5.02 Å². The van der Waals surface area contributed by atoms with Crippen molar-refractivity contribution in [2.24, 2.45) is 0 Å². The Labute approximate surface area is 172 Å². The van der Waals surface area contributed by atoms with E-state index in [1.54, 1.807) is 24.3 Å². The SMILES string of the molecule is Cc1ccc(C(C)NC(=O)CCCN(c2cccc(Cl)c2)S(C)(=O)=O)cc1C. The standard InChI is InChI=1S/C21H27ClN2O3S/c1-15-10-11-18(13-16(15)2)17(3)23-21(25)9-6-12-24(28(4,26)27)20-8-5-7-19(22)14-20/h5,7-8,10-11,13-14,17H,6,9,12H2,1-4H3,(H,23,25). The molecular formula is C21H27ClN2O3S. The molecule has 1 N–H and O–H groups in total. The second kappa shape index (κ2) is 9.43. The molecule has 0 spiro atoms. The number of nitrogens with zero attached hydrogens (tertiary/aromatic N) is 1. The summed E-state index contributed by atoms with van der Waals surface area (Å²) in [5, 5.41) is 3.44. The van der Waals surface area contributed by atoms with Crippen LogP contribution in [0.5, 0.6) is 0 Å². The van der Waals surface area contributed by atoms with Crippen LogP contribution >= 0.6 is 11.6 Å². The van der Waals surface area contributed by atoms with Crippen molar-refractivity contribution in [1.82, 2.24) is 5.32 Å². The molecule has 1 unspecified atom stereocenters. The number of halogens is 1. The van der Waals surface area contributed by atoms with Crippen molar-refractivity contribution in [1.29, 1.82) is 0 Å². The zero-order valence-electron chi connectivity index (χ0n) is 16.7. The van der Waals surface area contributed by atoms with Crippen molar-refractivity contribution in [3.63, 3.8) is 0 Å². The molecule has 0 aliphatic heterocycles. The van der Waals surface area contributed by atoms with Gasteiger partial charge in [-0.3, -0.25) is 9.10 Å². The molecule has 0 aliphatic carbocycles. The summed E-state index contributed by atoms with van der Waals surface area (Å²) in [5.41, 5.74) is 3.94. The molecule has 0 radical (unpaired) electrons. The summed E-state index contributed by atoms with van der Waals surface area (Å²) >= 11 is 5.97. The molecule has 28 heavy (non-hydrogen) atoms. The molecule has 2 aromatic carbocycles. The Morgan fingerprint density at radius 3 is 2.46 bits per heavy atom. The second-order valence-corrected chi connectivity index (χ2v) is 9.39. The number of aryl methyl sites for hydroxylation is 2. The number of rotatable bonds is 8. The zero-order valence-corrected chi connectivity index (χ0v) is 18.3. The first kappa shape index (κ1) is 22.2. The van der Waals surface area contributed by atoms with Crippen molar-refractivity contribution >= 4 is 33.2 Å². The lowest BCUT2D eigenvalue weighted by molar-refractivity contribution is -0.121. The molecular weight excluding hydrogens is 396 g/mol. The number of nitrogens with one attached hydrogen (secondary N) is 1. The van der Waals surface area contributed by atoms with E-state index >= 15 is 0 Å². The Morgan fingerprint density at radius 2 is 1.86 bits per heavy atom. The largest absolute Gasteiger partial charge is 0.350 e. The molecule has 5 nitrogen and oxygen atoms in total. The lowest BCUT2D eigenvalue weighted by Gasteiger charge is -2.22. The number of amides is 1. The molecule has 0 saturated carbocycles. The first-order valence-corrected chi connectivity index (χ1v) is 11.4. The van der Waals surface area contributed by atoms with Crippen LogP contribution in [0.25, 0.3) is 0 Å². The monoisotopic (exact) mass is 422 g/mol. The number of hydrogen-bond acceptors (Lipinski definition) is 3. The van der Waals surface area contributed by atoms with E-state index in [0.29, 0.717) is 17.1 Å². The zero-order chi connectivity index (χ0) is 20.9. The van der Waals surface area contributed by atoms with Crippen LogP contribution in [0, 0.1) is 13.8 Å². The number of sulfonamides is 1. The van der Waals surface area contributed by atoms with Crippen molar-refractivity contribution in [2.45, 2.75) is 39.7 Å². The van der Waals surface area contributed by atoms with Gasteiger partial charge in [0.05, 0.1) is 18.0 Å². The molecule has 1 amide bonds.